The van der Waals surface area contributed by atoms with Crippen LogP contribution in [0.3, 0.4) is 0 Å². The summed E-state index contributed by atoms with van der Waals surface area (Å²) in [5.41, 5.74) is 0.303. The number of amides is 2. The molecule has 2 aromatic rings. The van der Waals surface area contributed by atoms with Gasteiger partial charge in [0.2, 0.25) is 0 Å². The van der Waals surface area contributed by atoms with E-state index in [0.717, 1.165) is 6.07 Å². The van der Waals surface area contributed by atoms with Gasteiger partial charge in [0.15, 0.2) is 5.69 Å². The van der Waals surface area contributed by atoms with Crippen LogP contribution in [0.5, 0.6) is 0 Å². The Kier molecular flexibility index (Phi) is 4.93. The van der Waals surface area contributed by atoms with Crippen LogP contribution >= 0.6 is 0 Å². The van der Waals surface area contributed by atoms with E-state index in [1.807, 2.05) is 6.92 Å². The predicted molar refractivity (Wildman–Crippen MR) is 87.8 cm³/mol. The number of anilines is 1. The fourth-order valence-corrected chi connectivity index (χ4v) is 2.57. The molecule has 26 heavy (non-hydrogen) atoms. The average Bonchev–Trinajstić information content (AvgIpc) is 3.29. The van der Waals surface area contributed by atoms with Crippen molar-refractivity contribution in [1.82, 2.24) is 24.9 Å². The molecule has 138 valence electrons. The van der Waals surface area contributed by atoms with Gasteiger partial charge < -0.3 is 25.1 Å². The number of carbonyl (C=O) groups is 2. The number of hydrogen-bond donors (Lipinski definition) is 2. The molecule has 3 rings (SSSR count). The molecule has 0 atom stereocenters. The fourth-order valence-electron chi connectivity index (χ4n) is 2.57. The smallest absolute Gasteiger partial charge is 0.343 e. The third kappa shape index (κ3) is 3.39. The topological polar surface area (TPSA) is 148 Å². The lowest BCUT2D eigenvalue weighted by molar-refractivity contribution is -0.389. The largest absolute Gasteiger partial charge is 0.378 e. The molecule has 2 N–H and O–H groups in total. The maximum Gasteiger partial charge on any atom is 0.343 e. The first-order valence-electron chi connectivity index (χ1n) is 7.95. The summed E-state index contributed by atoms with van der Waals surface area (Å²) >= 11 is 0. The molecule has 0 radical (unpaired) electrons. The van der Waals surface area contributed by atoms with Crippen LogP contribution in [0.4, 0.5) is 11.5 Å². The monoisotopic (exact) mass is 363 g/mol. The quantitative estimate of drug-likeness (QED) is 0.571. The van der Waals surface area contributed by atoms with Crippen molar-refractivity contribution in [2.24, 2.45) is 0 Å². The van der Waals surface area contributed by atoms with Crippen molar-refractivity contribution in [3.63, 3.8) is 0 Å². The second-order valence-corrected chi connectivity index (χ2v) is 5.48. The van der Waals surface area contributed by atoms with E-state index >= 15 is 0 Å². The average molecular weight is 363 g/mol. The molecule has 1 fully saturated rings. The van der Waals surface area contributed by atoms with Crippen molar-refractivity contribution >= 4 is 23.3 Å². The molecule has 3 heterocycles. The molecule has 0 bridgehead atoms. The molecule has 12 nitrogen and oxygen atoms in total. The van der Waals surface area contributed by atoms with Crippen LogP contribution in [0.25, 0.3) is 0 Å². The second-order valence-electron chi connectivity index (χ2n) is 5.48. The van der Waals surface area contributed by atoms with Crippen LogP contribution in [-0.4, -0.2) is 67.9 Å². The Morgan fingerprint density at radius 1 is 1.42 bits per heavy atom. The first-order chi connectivity index (χ1) is 12.5. The van der Waals surface area contributed by atoms with Gasteiger partial charge in [0.25, 0.3) is 11.8 Å². The maximum absolute atomic E-state index is 12.8. The van der Waals surface area contributed by atoms with Gasteiger partial charge in [0, 0.05) is 19.6 Å². The van der Waals surface area contributed by atoms with E-state index in [1.165, 1.54) is 10.9 Å². The van der Waals surface area contributed by atoms with Crippen molar-refractivity contribution in [2.45, 2.75) is 13.5 Å². The van der Waals surface area contributed by atoms with Crippen molar-refractivity contribution in [3.05, 3.63) is 33.8 Å². The van der Waals surface area contributed by atoms with Crippen molar-refractivity contribution in [2.75, 3.05) is 31.6 Å². The van der Waals surface area contributed by atoms with Crippen molar-refractivity contribution in [3.8, 4) is 0 Å². The number of rotatable bonds is 5. The van der Waals surface area contributed by atoms with Crippen LogP contribution in [0.2, 0.25) is 0 Å². The summed E-state index contributed by atoms with van der Waals surface area (Å²) in [6, 6.07) is 1.02. The van der Waals surface area contributed by atoms with Crippen LogP contribution in [0, 0.1) is 10.1 Å². The molecule has 0 saturated carbocycles. The lowest BCUT2D eigenvalue weighted by Crippen LogP contribution is -2.41. The molecule has 1 aliphatic heterocycles. The van der Waals surface area contributed by atoms with Crippen LogP contribution in [0.1, 0.15) is 27.9 Å². The Labute approximate surface area is 147 Å². The Morgan fingerprint density at radius 2 is 2.15 bits per heavy atom. The van der Waals surface area contributed by atoms with Gasteiger partial charge in [-0.15, -0.1) is 5.10 Å². The predicted octanol–water partition coefficient (Wildman–Crippen LogP) is 0.259. The number of aryl methyl sites for hydroxylation is 1. The molecule has 0 spiro atoms. The highest BCUT2D eigenvalue weighted by Gasteiger charge is 2.27. The molecular formula is C14H17N7O5. The van der Waals surface area contributed by atoms with Gasteiger partial charge in [-0.25, -0.2) is 0 Å². The zero-order valence-corrected chi connectivity index (χ0v) is 14.0. The summed E-state index contributed by atoms with van der Waals surface area (Å²) in [6.45, 7) is 4.07. The van der Waals surface area contributed by atoms with Gasteiger partial charge in [-0.3, -0.25) is 14.3 Å². The Balaban J connectivity index is 1.83. The SMILES string of the molecule is CCn1ncc(NC(=O)c2cc([N+](=O)[O-])[nH]n2)c1C(=O)N1CCOCC1. The highest BCUT2D eigenvalue weighted by molar-refractivity contribution is 6.07. The number of aromatic nitrogens is 4. The molecule has 2 amide bonds. The minimum absolute atomic E-state index is 0.161. The molecular weight excluding hydrogens is 346 g/mol. The third-order valence-corrected chi connectivity index (χ3v) is 3.88. The number of carbonyl (C=O) groups excluding carboxylic acids is 2. The normalized spacial score (nSPS) is 14.3. The van der Waals surface area contributed by atoms with E-state index < -0.39 is 16.6 Å². The van der Waals surface area contributed by atoms with Crippen LogP contribution in [0.15, 0.2) is 12.3 Å². The highest BCUT2D eigenvalue weighted by atomic mass is 16.6. The molecule has 1 aliphatic rings. The van der Waals surface area contributed by atoms with Crippen molar-refractivity contribution < 1.29 is 19.2 Å². The number of ether oxygens (including phenoxy) is 1. The minimum Gasteiger partial charge on any atom is -0.378 e. The molecule has 12 heteroatoms. The molecule has 1 saturated heterocycles. The number of morpholine rings is 1. The molecule has 0 aliphatic carbocycles. The second kappa shape index (κ2) is 7.31. The molecule has 0 unspecified atom stereocenters. The Hall–Kier alpha value is -3.28. The van der Waals surface area contributed by atoms with E-state index in [0.29, 0.717) is 32.8 Å². The van der Waals surface area contributed by atoms with E-state index in [2.05, 4.69) is 20.6 Å². The first kappa shape index (κ1) is 17.5. The molecule has 0 aromatic carbocycles. The highest BCUT2D eigenvalue weighted by Crippen LogP contribution is 2.20. The lowest BCUT2D eigenvalue weighted by atomic mass is 10.2. The van der Waals surface area contributed by atoms with Gasteiger partial charge in [0.05, 0.1) is 31.2 Å². The van der Waals surface area contributed by atoms with Crippen molar-refractivity contribution in [1.29, 1.82) is 0 Å². The molecule has 2 aromatic heterocycles. The van der Waals surface area contributed by atoms with E-state index in [4.69, 9.17) is 4.74 Å². The van der Waals surface area contributed by atoms with Gasteiger partial charge in [-0.2, -0.15) is 5.10 Å². The van der Waals surface area contributed by atoms with Gasteiger partial charge in [-0.05, 0) is 11.8 Å². The zero-order valence-electron chi connectivity index (χ0n) is 14.0. The number of H-pyrrole nitrogens is 1. The third-order valence-electron chi connectivity index (χ3n) is 3.88. The summed E-state index contributed by atoms with van der Waals surface area (Å²) in [5, 5.41) is 23.1. The van der Waals surface area contributed by atoms with E-state index in [-0.39, 0.29) is 23.0 Å². The Bertz CT molecular complexity index is 837. The van der Waals surface area contributed by atoms with Crippen LogP contribution in [-0.2, 0) is 11.3 Å². The van der Waals surface area contributed by atoms with E-state index in [9.17, 15) is 19.7 Å². The summed E-state index contributed by atoms with van der Waals surface area (Å²) < 4.78 is 6.73. The standard InChI is InChI=1S/C14H17N7O5/c1-2-20-12(14(23)19-3-5-26-6-4-19)10(8-15-20)16-13(22)9-7-11(18-17-9)21(24)25/h7-8H,2-6H2,1H3,(H,16,22)(H,17,18). The maximum atomic E-state index is 12.8. The summed E-state index contributed by atoms with van der Waals surface area (Å²) in [5.74, 6) is -1.35. The number of aromatic amines is 1. The van der Waals surface area contributed by atoms with Crippen LogP contribution < -0.4 is 5.32 Å². The summed E-state index contributed by atoms with van der Waals surface area (Å²) in [7, 11) is 0. The van der Waals surface area contributed by atoms with Gasteiger partial charge in [-0.1, -0.05) is 5.10 Å². The number of hydrogen-bond acceptors (Lipinski definition) is 7. The van der Waals surface area contributed by atoms with Gasteiger partial charge in [0.1, 0.15) is 5.69 Å². The lowest BCUT2D eigenvalue weighted by Gasteiger charge is -2.27. The summed E-state index contributed by atoms with van der Waals surface area (Å²) in [4.78, 5) is 36.7. The zero-order chi connectivity index (χ0) is 18.7. The first-order valence-corrected chi connectivity index (χ1v) is 7.95. The number of nitrogens with zero attached hydrogens (tertiary/aromatic N) is 5. The van der Waals surface area contributed by atoms with E-state index in [1.54, 1.807) is 4.90 Å². The van der Waals surface area contributed by atoms with Gasteiger partial charge >= 0.3 is 5.82 Å². The Morgan fingerprint density at radius 3 is 2.77 bits per heavy atom. The fraction of sp³-hybridized carbons (Fsp3) is 0.429. The minimum atomic E-state index is -0.688. The number of nitrogens with one attached hydrogen (secondary N) is 2. The number of nitro groups is 1. The summed E-state index contributed by atoms with van der Waals surface area (Å²) in [6.07, 6.45) is 1.37.